The lowest BCUT2D eigenvalue weighted by atomic mass is 10.2. The maximum atomic E-state index is 10.6. The first-order valence-electron chi connectivity index (χ1n) is 9.84. The summed E-state index contributed by atoms with van der Waals surface area (Å²) in [5, 5.41) is 3.72. The Balaban J connectivity index is 1.67. The van der Waals surface area contributed by atoms with Gasteiger partial charge in [-0.05, 0) is 48.4 Å². The van der Waals surface area contributed by atoms with E-state index >= 15 is 0 Å². The van der Waals surface area contributed by atoms with Crippen LogP contribution in [-0.2, 0) is 0 Å². The van der Waals surface area contributed by atoms with Crippen LogP contribution in [0.5, 0.6) is 17.2 Å². The van der Waals surface area contributed by atoms with E-state index < -0.39 is 6.03 Å². The topological polar surface area (TPSA) is 95.2 Å². The van der Waals surface area contributed by atoms with Crippen molar-refractivity contribution < 1.29 is 19.0 Å². The van der Waals surface area contributed by atoms with Crippen molar-refractivity contribution in [2.24, 2.45) is 10.8 Å². The minimum absolute atomic E-state index is 0.399. The van der Waals surface area contributed by atoms with E-state index in [9.17, 15) is 4.79 Å². The van der Waals surface area contributed by atoms with E-state index in [4.69, 9.17) is 19.9 Å². The van der Waals surface area contributed by atoms with Gasteiger partial charge in [0.25, 0.3) is 0 Å². The zero-order valence-electron chi connectivity index (χ0n) is 16.8. The largest absolute Gasteiger partial charge is 0.494 e. The molecule has 7 nitrogen and oxygen atoms in total. The van der Waals surface area contributed by atoms with Crippen LogP contribution in [0.15, 0.2) is 53.6 Å². The summed E-state index contributed by atoms with van der Waals surface area (Å²) >= 11 is 0. The molecule has 2 rings (SSSR count). The molecule has 0 atom stereocenters. The van der Waals surface area contributed by atoms with Crippen molar-refractivity contribution in [1.82, 2.24) is 5.43 Å². The molecule has 7 heteroatoms. The molecule has 0 heterocycles. The van der Waals surface area contributed by atoms with E-state index in [1.54, 1.807) is 6.07 Å². The summed E-state index contributed by atoms with van der Waals surface area (Å²) in [5.41, 5.74) is 7.88. The van der Waals surface area contributed by atoms with E-state index in [2.05, 4.69) is 17.5 Å². The molecule has 0 aromatic heterocycles. The second kappa shape index (κ2) is 13.0. The first-order valence-corrected chi connectivity index (χ1v) is 9.84. The fraction of sp³-hybridized carbons (Fsp3) is 0.364. The van der Waals surface area contributed by atoms with Gasteiger partial charge in [0.1, 0.15) is 30.5 Å². The Bertz CT molecular complexity index is 763. The molecule has 0 aliphatic carbocycles. The number of hydrogen-bond acceptors (Lipinski definition) is 5. The summed E-state index contributed by atoms with van der Waals surface area (Å²) in [5.74, 6) is 2.31. The highest BCUT2D eigenvalue weighted by Crippen LogP contribution is 2.18. The minimum Gasteiger partial charge on any atom is -0.494 e. The lowest BCUT2D eigenvalue weighted by Gasteiger charge is -2.10. The van der Waals surface area contributed by atoms with Crippen molar-refractivity contribution in [1.29, 1.82) is 0 Å². The molecule has 2 aromatic carbocycles. The lowest BCUT2D eigenvalue weighted by molar-refractivity contribution is 0.217. The first kappa shape index (κ1) is 22.1. The predicted molar refractivity (Wildman–Crippen MR) is 114 cm³/mol. The zero-order valence-corrected chi connectivity index (χ0v) is 16.8. The van der Waals surface area contributed by atoms with Gasteiger partial charge in [-0.2, -0.15) is 5.10 Å². The van der Waals surface area contributed by atoms with Crippen molar-refractivity contribution in [3.63, 3.8) is 0 Å². The Kier molecular flexibility index (Phi) is 9.93. The third-order valence-electron chi connectivity index (χ3n) is 3.96. The Morgan fingerprint density at radius 3 is 2.24 bits per heavy atom. The molecule has 2 amide bonds. The molecule has 0 saturated carbocycles. The number of carbonyl (C=O) groups is 1. The van der Waals surface area contributed by atoms with Gasteiger partial charge in [0.2, 0.25) is 0 Å². The number of rotatable bonds is 13. The molecule has 0 fully saturated rings. The molecule has 2 aromatic rings. The number of unbranched alkanes of at least 4 members (excludes halogenated alkanes) is 3. The van der Waals surface area contributed by atoms with Crippen molar-refractivity contribution in [3.8, 4) is 17.2 Å². The van der Waals surface area contributed by atoms with Crippen LogP contribution in [0.4, 0.5) is 4.79 Å². The van der Waals surface area contributed by atoms with Gasteiger partial charge in [0, 0.05) is 0 Å². The van der Waals surface area contributed by atoms with Gasteiger partial charge in [-0.3, -0.25) is 0 Å². The van der Waals surface area contributed by atoms with E-state index in [0.29, 0.717) is 19.0 Å². The highest BCUT2D eigenvalue weighted by atomic mass is 16.5. The standard InChI is InChI=1S/C22H29N3O4/c1-2-3-4-5-13-27-19-9-11-20(12-10-19)28-14-15-29-21-8-6-7-18(16-21)17-24-25-22(23)26/h6-12,16-17H,2-5,13-15H2,1H3,(H3,23,25,26)/b24-17-. The number of nitrogens with one attached hydrogen (secondary N) is 1. The molecule has 156 valence electrons. The predicted octanol–water partition coefficient (Wildman–Crippen LogP) is 4.11. The minimum atomic E-state index is -0.711. The monoisotopic (exact) mass is 399 g/mol. The lowest BCUT2D eigenvalue weighted by Crippen LogP contribution is -2.24. The SMILES string of the molecule is CCCCCCOc1ccc(OCCOc2cccc(/C=N\NC(N)=O)c2)cc1. The number of urea groups is 1. The third-order valence-corrected chi connectivity index (χ3v) is 3.96. The summed E-state index contributed by atoms with van der Waals surface area (Å²) in [6, 6.07) is 14.2. The molecule has 0 aliphatic rings. The molecule has 0 radical (unpaired) electrons. The van der Waals surface area contributed by atoms with Crippen molar-refractivity contribution in [2.45, 2.75) is 32.6 Å². The summed E-state index contributed by atoms with van der Waals surface area (Å²) in [4.78, 5) is 10.6. The summed E-state index contributed by atoms with van der Waals surface area (Å²) < 4.78 is 17.1. The summed E-state index contributed by atoms with van der Waals surface area (Å²) in [6.45, 7) is 3.76. The molecule has 3 N–H and O–H groups in total. The third kappa shape index (κ3) is 9.51. The number of ether oxygens (including phenoxy) is 3. The fourth-order valence-electron chi connectivity index (χ4n) is 2.53. The summed E-state index contributed by atoms with van der Waals surface area (Å²) in [6.07, 6.45) is 6.25. The van der Waals surface area contributed by atoms with Gasteiger partial charge in [-0.15, -0.1) is 0 Å². The van der Waals surface area contributed by atoms with Gasteiger partial charge >= 0.3 is 6.03 Å². The van der Waals surface area contributed by atoms with E-state index in [-0.39, 0.29) is 0 Å². The first-order chi connectivity index (χ1) is 14.2. The van der Waals surface area contributed by atoms with Crippen LogP contribution in [0.25, 0.3) is 0 Å². The van der Waals surface area contributed by atoms with Gasteiger partial charge in [0.15, 0.2) is 0 Å². The number of amides is 2. The molecule has 0 bridgehead atoms. The van der Waals surface area contributed by atoms with Crippen LogP contribution in [0.2, 0.25) is 0 Å². The van der Waals surface area contributed by atoms with Crippen LogP contribution >= 0.6 is 0 Å². The van der Waals surface area contributed by atoms with Gasteiger partial charge < -0.3 is 19.9 Å². The molecule has 29 heavy (non-hydrogen) atoms. The van der Waals surface area contributed by atoms with E-state index in [1.165, 1.54) is 25.5 Å². The fourth-order valence-corrected chi connectivity index (χ4v) is 2.53. The molecular formula is C22H29N3O4. The summed E-state index contributed by atoms with van der Waals surface area (Å²) in [7, 11) is 0. The highest BCUT2D eigenvalue weighted by Gasteiger charge is 1.99. The zero-order chi connectivity index (χ0) is 20.7. The molecular weight excluding hydrogens is 370 g/mol. The Hall–Kier alpha value is -3.22. The second-order valence-electron chi connectivity index (χ2n) is 6.38. The number of carbonyl (C=O) groups excluding carboxylic acids is 1. The van der Waals surface area contributed by atoms with Crippen LogP contribution in [0, 0.1) is 0 Å². The van der Waals surface area contributed by atoms with Crippen molar-refractivity contribution in [2.75, 3.05) is 19.8 Å². The number of hydrazone groups is 1. The second-order valence-corrected chi connectivity index (χ2v) is 6.38. The van der Waals surface area contributed by atoms with Gasteiger partial charge in [-0.25, -0.2) is 10.2 Å². The van der Waals surface area contributed by atoms with Crippen LogP contribution < -0.4 is 25.4 Å². The Labute approximate surface area is 171 Å². The quantitative estimate of drug-likeness (QED) is 0.301. The molecule has 0 spiro atoms. The number of nitrogens with zero attached hydrogens (tertiary/aromatic N) is 1. The van der Waals surface area contributed by atoms with Crippen molar-refractivity contribution in [3.05, 3.63) is 54.1 Å². The maximum Gasteiger partial charge on any atom is 0.332 e. The number of nitrogens with two attached hydrogens (primary N) is 1. The van der Waals surface area contributed by atoms with Crippen LogP contribution in [0.3, 0.4) is 0 Å². The normalized spacial score (nSPS) is 10.7. The smallest absolute Gasteiger partial charge is 0.332 e. The van der Waals surface area contributed by atoms with Crippen molar-refractivity contribution >= 4 is 12.2 Å². The average Bonchev–Trinajstić information content (AvgIpc) is 2.72. The highest BCUT2D eigenvalue weighted by molar-refractivity contribution is 5.81. The number of hydrogen-bond donors (Lipinski definition) is 2. The molecule has 0 unspecified atom stereocenters. The van der Waals surface area contributed by atoms with E-state index in [1.807, 2.05) is 42.5 Å². The molecule has 0 saturated heterocycles. The Morgan fingerprint density at radius 1 is 0.931 bits per heavy atom. The van der Waals surface area contributed by atoms with Gasteiger partial charge in [-0.1, -0.05) is 38.3 Å². The molecule has 0 aliphatic heterocycles. The Morgan fingerprint density at radius 2 is 1.59 bits per heavy atom. The van der Waals surface area contributed by atoms with Gasteiger partial charge in [0.05, 0.1) is 12.8 Å². The maximum absolute atomic E-state index is 10.6. The van der Waals surface area contributed by atoms with Crippen LogP contribution in [0.1, 0.15) is 38.2 Å². The van der Waals surface area contributed by atoms with Crippen LogP contribution in [-0.4, -0.2) is 32.1 Å². The average molecular weight is 399 g/mol. The van der Waals surface area contributed by atoms with E-state index in [0.717, 1.165) is 30.1 Å². The number of primary amides is 1. The number of benzene rings is 2.